The third kappa shape index (κ3) is 17.5. The highest BCUT2D eigenvalue weighted by atomic mass is 16.5. The van der Waals surface area contributed by atoms with Crippen molar-refractivity contribution in [3.05, 3.63) is 0 Å². The van der Waals surface area contributed by atoms with Gasteiger partial charge in [-0.15, -0.1) is 0 Å². The third-order valence-electron chi connectivity index (χ3n) is 4.14. The Morgan fingerprint density at radius 2 is 1.36 bits per heavy atom. The molecule has 0 amide bonds. The van der Waals surface area contributed by atoms with Gasteiger partial charge in [0.05, 0.1) is 26.1 Å². The predicted molar refractivity (Wildman–Crippen MR) is 99.4 cm³/mol. The number of carbonyl (C=O) groups excluding carboxylic acids is 2. The van der Waals surface area contributed by atoms with Gasteiger partial charge in [0.1, 0.15) is 0 Å². The minimum Gasteiger partial charge on any atom is -0.466 e. The molecule has 5 nitrogen and oxygen atoms in total. The summed E-state index contributed by atoms with van der Waals surface area (Å²) >= 11 is 0. The Morgan fingerprint density at radius 1 is 0.800 bits per heavy atom. The molecule has 0 aliphatic rings. The summed E-state index contributed by atoms with van der Waals surface area (Å²) in [6.07, 6.45) is 10.7. The lowest BCUT2D eigenvalue weighted by molar-refractivity contribution is -0.151. The minimum absolute atomic E-state index is 0.0905. The Kier molecular flexibility index (Phi) is 16.9. The second-order valence-electron chi connectivity index (χ2n) is 6.77. The van der Waals surface area contributed by atoms with E-state index in [9.17, 15) is 9.59 Å². The molecule has 0 N–H and O–H groups in total. The van der Waals surface area contributed by atoms with Crippen LogP contribution in [0.4, 0.5) is 0 Å². The largest absolute Gasteiger partial charge is 0.466 e. The Bertz CT molecular complexity index is 330. The van der Waals surface area contributed by atoms with E-state index >= 15 is 0 Å². The normalized spacial score (nSPS) is 12.0. The van der Waals surface area contributed by atoms with Gasteiger partial charge in [-0.3, -0.25) is 9.59 Å². The van der Waals surface area contributed by atoms with Crippen LogP contribution < -0.4 is 0 Å². The van der Waals surface area contributed by atoms with E-state index in [1.165, 1.54) is 38.5 Å². The van der Waals surface area contributed by atoms with Gasteiger partial charge in [0, 0.05) is 13.7 Å². The summed E-state index contributed by atoms with van der Waals surface area (Å²) in [6, 6.07) is 0. The monoisotopic (exact) mass is 358 g/mol. The molecule has 0 radical (unpaired) electrons. The van der Waals surface area contributed by atoms with E-state index < -0.39 is 0 Å². The second-order valence-corrected chi connectivity index (χ2v) is 6.77. The van der Waals surface area contributed by atoms with E-state index in [4.69, 9.17) is 14.2 Å². The van der Waals surface area contributed by atoms with Crippen molar-refractivity contribution < 1.29 is 23.8 Å². The molecule has 148 valence electrons. The summed E-state index contributed by atoms with van der Waals surface area (Å²) in [5, 5.41) is 0. The predicted octanol–water partition coefficient (Wildman–Crippen LogP) is 4.67. The molecule has 0 aromatic carbocycles. The molecule has 0 spiro atoms. The maximum absolute atomic E-state index is 11.6. The third-order valence-corrected chi connectivity index (χ3v) is 4.14. The van der Waals surface area contributed by atoms with Crippen LogP contribution >= 0.6 is 0 Å². The van der Waals surface area contributed by atoms with Crippen molar-refractivity contribution in [2.45, 2.75) is 84.5 Å². The molecule has 0 aromatic rings. The first-order chi connectivity index (χ1) is 12.1. The lowest BCUT2D eigenvalue weighted by Gasteiger charge is -2.11. The number of hydrogen-bond acceptors (Lipinski definition) is 5. The number of hydrogen-bond donors (Lipinski definition) is 0. The van der Waals surface area contributed by atoms with Gasteiger partial charge in [0.25, 0.3) is 0 Å². The average molecular weight is 359 g/mol. The maximum Gasteiger partial charge on any atom is 0.306 e. The number of methoxy groups -OCH3 is 1. The van der Waals surface area contributed by atoms with Crippen molar-refractivity contribution in [2.24, 2.45) is 5.92 Å². The van der Waals surface area contributed by atoms with Crippen LogP contribution in [0.2, 0.25) is 0 Å². The van der Waals surface area contributed by atoms with E-state index in [-0.39, 0.29) is 30.7 Å². The summed E-state index contributed by atoms with van der Waals surface area (Å²) in [4.78, 5) is 23.2. The van der Waals surface area contributed by atoms with Gasteiger partial charge in [-0.1, -0.05) is 58.8 Å². The molecule has 0 aliphatic carbocycles. The van der Waals surface area contributed by atoms with Crippen LogP contribution in [0.1, 0.15) is 84.5 Å². The van der Waals surface area contributed by atoms with Crippen molar-refractivity contribution in [1.29, 1.82) is 0 Å². The van der Waals surface area contributed by atoms with Crippen molar-refractivity contribution in [2.75, 3.05) is 26.9 Å². The molecule has 1 atom stereocenters. The molecule has 0 aromatic heterocycles. The highest BCUT2D eigenvalue weighted by Crippen LogP contribution is 2.09. The van der Waals surface area contributed by atoms with Gasteiger partial charge < -0.3 is 14.2 Å². The standard InChI is InChI=1S/C20H38O5/c1-4-5-6-7-8-9-10-11-15-24-19(21)12-13-20(22)25-17-18(2)14-16-23-3/h18H,4-17H2,1-3H3. The molecular formula is C20H38O5. The van der Waals surface area contributed by atoms with Gasteiger partial charge in [-0.05, 0) is 18.8 Å². The van der Waals surface area contributed by atoms with Crippen molar-refractivity contribution >= 4 is 11.9 Å². The fraction of sp³-hybridized carbons (Fsp3) is 0.900. The van der Waals surface area contributed by atoms with Crippen molar-refractivity contribution in [3.63, 3.8) is 0 Å². The van der Waals surface area contributed by atoms with Crippen molar-refractivity contribution in [3.8, 4) is 0 Å². The number of rotatable bonds is 17. The smallest absolute Gasteiger partial charge is 0.306 e. The minimum atomic E-state index is -0.340. The highest BCUT2D eigenvalue weighted by molar-refractivity contribution is 5.77. The van der Waals surface area contributed by atoms with Crippen LogP contribution in [0.25, 0.3) is 0 Å². The molecule has 0 heterocycles. The van der Waals surface area contributed by atoms with Gasteiger partial charge in [-0.2, -0.15) is 0 Å². The molecule has 0 saturated heterocycles. The first-order valence-corrected chi connectivity index (χ1v) is 9.90. The zero-order chi connectivity index (χ0) is 18.8. The van der Waals surface area contributed by atoms with E-state index in [0.29, 0.717) is 19.8 Å². The van der Waals surface area contributed by atoms with Crippen LogP contribution in [0.3, 0.4) is 0 Å². The van der Waals surface area contributed by atoms with Crippen LogP contribution in [-0.4, -0.2) is 38.9 Å². The van der Waals surface area contributed by atoms with Gasteiger partial charge in [0.2, 0.25) is 0 Å². The zero-order valence-electron chi connectivity index (χ0n) is 16.5. The summed E-state index contributed by atoms with van der Waals surface area (Å²) in [5.41, 5.74) is 0. The fourth-order valence-corrected chi connectivity index (χ4v) is 2.41. The highest BCUT2D eigenvalue weighted by Gasteiger charge is 2.11. The van der Waals surface area contributed by atoms with Gasteiger partial charge in [-0.25, -0.2) is 0 Å². The molecule has 0 fully saturated rings. The molecular weight excluding hydrogens is 320 g/mol. The summed E-state index contributed by atoms with van der Waals surface area (Å²) in [7, 11) is 1.65. The zero-order valence-corrected chi connectivity index (χ0v) is 16.5. The number of esters is 2. The van der Waals surface area contributed by atoms with E-state index in [1.54, 1.807) is 7.11 Å². The van der Waals surface area contributed by atoms with Gasteiger partial charge in [0.15, 0.2) is 0 Å². The SMILES string of the molecule is CCCCCCCCCCOC(=O)CCC(=O)OCC(C)CCOC. The molecule has 25 heavy (non-hydrogen) atoms. The summed E-state index contributed by atoms with van der Waals surface area (Å²) in [6.45, 7) is 5.71. The van der Waals surface area contributed by atoms with E-state index in [2.05, 4.69) is 6.92 Å². The second kappa shape index (κ2) is 17.7. The average Bonchev–Trinajstić information content (AvgIpc) is 2.61. The molecule has 0 bridgehead atoms. The van der Waals surface area contributed by atoms with Crippen LogP contribution in [-0.2, 0) is 23.8 Å². The first kappa shape index (κ1) is 23.9. The first-order valence-electron chi connectivity index (χ1n) is 9.90. The summed E-state index contributed by atoms with van der Waals surface area (Å²) in [5.74, 6) is -0.390. The lowest BCUT2D eigenvalue weighted by Crippen LogP contribution is -2.15. The Balaban J connectivity index is 3.44. The van der Waals surface area contributed by atoms with Crippen LogP contribution in [0, 0.1) is 5.92 Å². The Labute approximate surface area is 153 Å². The lowest BCUT2D eigenvalue weighted by atomic mass is 10.1. The van der Waals surface area contributed by atoms with Crippen LogP contribution in [0.5, 0.6) is 0 Å². The number of ether oxygens (including phenoxy) is 3. The fourth-order valence-electron chi connectivity index (χ4n) is 2.41. The van der Waals surface area contributed by atoms with E-state index in [1.807, 2.05) is 6.92 Å². The summed E-state index contributed by atoms with van der Waals surface area (Å²) < 4.78 is 15.3. The molecule has 5 heteroatoms. The Hall–Kier alpha value is -1.10. The molecule has 1 unspecified atom stereocenters. The topological polar surface area (TPSA) is 61.8 Å². The van der Waals surface area contributed by atoms with Gasteiger partial charge >= 0.3 is 11.9 Å². The Morgan fingerprint density at radius 3 is 1.96 bits per heavy atom. The molecule has 0 saturated carbocycles. The van der Waals surface area contributed by atoms with Crippen molar-refractivity contribution in [1.82, 2.24) is 0 Å². The van der Waals surface area contributed by atoms with E-state index in [0.717, 1.165) is 19.3 Å². The number of carbonyl (C=O) groups is 2. The molecule has 0 aliphatic heterocycles. The molecule has 0 rings (SSSR count). The maximum atomic E-state index is 11.6. The number of unbranched alkanes of at least 4 members (excludes halogenated alkanes) is 7. The van der Waals surface area contributed by atoms with Crippen LogP contribution in [0.15, 0.2) is 0 Å². The quantitative estimate of drug-likeness (QED) is 0.279.